The Morgan fingerprint density at radius 1 is 1.21 bits per heavy atom. The van der Waals surface area contributed by atoms with Gasteiger partial charge in [0.2, 0.25) is 5.91 Å². The van der Waals surface area contributed by atoms with Gasteiger partial charge in [-0.1, -0.05) is 13.0 Å². The van der Waals surface area contributed by atoms with Gasteiger partial charge in [0.1, 0.15) is 0 Å². The molecule has 1 fully saturated rings. The van der Waals surface area contributed by atoms with Crippen molar-refractivity contribution in [2.75, 3.05) is 20.2 Å². The number of rotatable bonds is 7. The second kappa shape index (κ2) is 9.14. The van der Waals surface area contributed by atoms with Gasteiger partial charge in [0.15, 0.2) is 11.5 Å². The zero-order chi connectivity index (χ0) is 17.0. The van der Waals surface area contributed by atoms with Gasteiger partial charge in [-0.15, -0.1) is 12.4 Å². The van der Waals surface area contributed by atoms with Crippen molar-refractivity contribution in [2.24, 2.45) is 11.8 Å². The number of nitrogens with one attached hydrogen (secondary N) is 2. The molecule has 1 saturated heterocycles. The average molecular weight is 357 g/mol. The van der Waals surface area contributed by atoms with E-state index in [1.54, 1.807) is 7.11 Å². The van der Waals surface area contributed by atoms with Gasteiger partial charge in [0.25, 0.3) is 0 Å². The summed E-state index contributed by atoms with van der Waals surface area (Å²) >= 11 is 0. The van der Waals surface area contributed by atoms with Gasteiger partial charge in [0.05, 0.1) is 19.3 Å². The summed E-state index contributed by atoms with van der Waals surface area (Å²) in [6.45, 7) is 9.80. The van der Waals surface area contributed by atoms with Gasteiger partial charge in [-0.3, -0.25) is 4.79 Å². The van der Waals surface area contributed by atoms with Crippen LogP contribution in [0.5, 0.6) is 11.5 Å². The van der Waals surface area contributed by atoms with Crippen molar-refractivity contribution in [1.82, 2.24) is 10.6 Å². The summed E-state index contributed by atoms with van der Waals surface area (Å²) in [6, 6.07) is 5.73. The number of halogens is 1. The van der Waals surface area contributed by atoms with E-state index in [4.69, 9.17) is 9.47 Å². The SMILES string of the molecule is COc1cc(C(C)NC(=O)C(C)C2CNC2)ccc1OC(C)C.Cl. The van der Waals surface area contributed by atoms with Crippen molar-refractivity contribution in [2.45, 2.75) is 39.8 Å². The smallest absolute Gasteiger partial charge is 0.223 e. The highest BCUT2D eigenvalue weighted by atomic mass is 35.5. The third kappa shape index (κ3) is 5.02. The molecule has 2 rings (SSSR count). The van der Waals surface area contributed by atoms with E-state index >= 15 is 0 Å². The monoisotopic (exact) mass is 356 g/mol. The highest BCUT2D eigenvalue weighted by Crippen LogP contribution is 2.31. The summed E-state index contributed by atoms with van der Waals surface area (Å²) in [5, 5.41) is 6.30. The van der Waals surface area contributed by atoms with Crippen LogP contribution in [0.3, 0.4) is 0 Å². The fourth-order valence-corrected chi connectivity index (χ4v) is 2.61. The van der Waals surface area contributed by atoms with Gasteiger partial charge in [0, 0.05) is 5.92 Å². The molecule has 1 aromatic rings. The van der Waals surface area contributed by atoms with Crippen molar-refractivity contribution in [3.05, 3.63) is 23.8 Å². The standard InChI is InChI=1S/C18H28N2O3.ClH/c1-11(2)23-16-7-6-14(8-17(16)22-5)13(4)20-18(21)12(3)15-9-19-10-15;/h6-8,11-13,15,19H,9-10H2,1-5H3,(H,20,21);1H. The molecule has 2 N–H and O–H groups in total. The molecule has 0 aliphatic carbocycles. The number of benzene rings is 1. The average Bonchev–Trinajstić information content (AvgIpc) is 2.44. The molecular formula is C18H29ClN2O3. The molecule has 2 unspecified atom stereocenters. The van der Waals surface area contributed by atoms with Gasteiger partial charge >= 0.3 is 0 Å². The van der Waals surface area contributed by atoms with Crippen LogP contribution in [0.2, 0.25) is 0 Å². The van der Waals surface area contributed by atoms with E-state index in [0.717, 1.165) is 24.4 Å². The van der Waals surface area contributed by atoms with Crippen LogP contribution in [0.25, 0.3) is 0 Å². The van der Waals surface area contributed by atoms with Crippen molar-refractivity contribution in [1.29, 1.82) is 0 Å². The minimum Gasteiger partial charge on any atom is -0.493 e. The Labute approximate surface area is 150 Å². The molecule has 1 heterocycles. The molecule has 0 saturated carbocycles. The summed E-state index contributed by atoms with van der Waals surface area (Å²) in [4.78, 5) is 12.3. The van der Waals surface area contributed by atoms with E-state index in [2.05, 4.69) is 10.6 Å². The Hall–Kier alpha value is -1.46. The van der Waals surface area contributed by atoms with Crippen LogP contribution in [0.4, 0.5) is 0 Å². The number of methoxy groups -OCH3 is 1. The fourth-order valence-electron chi connectivity index (χ4n) is 2.61. The molecule has 0 spiro atoms. The van der Waals surface area contributed by atoms with Gasteiger partial charge in [-0.05, 0) is 57.5 Å². The molecule has 6 heteroatoms. The zero-order valence-corrected chi connectivity index (χ0v) is 15.9. The molecule has 1 aliphatic heterocycles. The Bertz CT molecular complexity index is 547. The van der Waals surface area contributed by atoms with E-state index in [-0.39, 0.29) is 36.4 Å². The third-order valence-corrected chi connectivity index (χ3v) is 4.34. The van der Waals surface area contributed by atoms with E-state index in [1.807, 2.05) is 45.9 Å². The molecule has 0 aromatic heterocycles. The van der Waals surface area contributed by atoms with Crippen LogP contribution >= 0.6 is 12.4 Å². The highest BCUT2D eigenvalue weighted by molar-refractivity contribution is 5.85. The molecule has 1 amide bonds. The predicted octanol–water partition coefficient (Wildman–Crippen LogP) is 2.94. The van der Waals surface area contributed by atoms with Crippen LogP contribution in [0, 0.1) is 11.8 Å². The lowest BCUT2D eigenvalue weighted by Gasteiger charge is -2.32. The summed E-state index contributed by atoms with van der Waals surface area (Å²) < 4.78 is 11.1. The Morgan fingerprint density at radius 2 is 1.88 bits per heavy atom. The Balaban J connectivity index is 0.00000288. The predicted molar refractivity (Wildman–Crippen MR) is 98.1 cm³/mol. The maximum atomic E-state index is 12.3. The lowest BCUT2D eigenvalue weighted by atomic mass is 9.88. The minimum absolute atomic E-state index is 0. The number of hydrogen-bond acceptors (Lipinski definition) is 4. The van der Waals surface area contributed by atoms with Crippen molar-refractivity contribution >= 4 is 18.3 Å². The van der Waals surface area contributed by atoms with Crippen molar-refractivity contribution in [3.8, 4) is 11.5 Å². The first-order valence-electron chi connectivity index (χ1n) is 8.28. The molecule has 136 valence electrons. The molecule has 1 aliphatic rings. The number of hydrogen-bond donors (Lipinski definition) is 2. The Morgan fingerprint density at radius 3 is 2.38 bits per heavy atom. The molecule has 0 radical (unpaired) electrons. The number of amides is 1. The number of carbonyl (C=O) groups excluding carboxylic acids is 1. The lowest BCUT2D eigenvalue weighted by molar-refractivity contribution is -0.127. The second-order valence-electron chi connectivity index (χ2n) is 6.51. The number of ether oxygens (including phenoxy) is 2. The van der Waals surface area contributed by atoms with Crippen LogP contribution in [-0.4, -0.2) is 32.2 Å². The van der Waals surface area contributed by atoms with Crippen LogP contribution in [0.1, 0.15) is 39.3 Å². The Kier molecular flexibility index (Phi) is 7.84. The van der Waals surface area contributed by atoms with E-state index in [9.17, 15) is 4.79 Å². The maximum Gasteiger partial charge on any atom is 0.223 e. The van der Waals surface area contributed by atoms with E-state index in [1.165, 1.54) is 0 Å². The highest BCUT2D eigenvalue weighted by Gasteiger charge is 2.29. The molecule has 0 bridgehead atoms. The van der Waals surface area contributed by atoms with Gasteiger partial charge in [-0.2, -0.15) is 0 Å². The molecule has 5 nitrogen and oxygen atoms in total. The summed E-state index contributed by atoms with van der Waals surface area (Å²) in [5.41, 5.74) is 1.00. The van der Waals surface area contributed by atoms with Crippen LogP contribution < -0.4 is 20.1 Å². The van der Waals surface area contributed by atoms with Gasteiger partial charge < -0.3 is 20.1 Å². The minimum atomic E-state index is -0.0695. The second-order valence-corrected chi connectivity index (χ2v) is 6.51. The molecular weight excluding hydrogens is 328 g/mol. The molecule has 1 aromatic carbocycles. The number of carbonyl (C=O) groups is 1. The summed E-state index contributed by atoms with van der Waals surface area (Å²) in [7, 11) is 1.63. The van der Waals surface area contributed by atoms with Crippen LogP contribution in [0.15, 0.2) is 18.2 Å². The summed E-state index contributed by atoms with van der Waals surface area (Å²) in [6.07, 6.45) is 0.0869. The zero-order valence-electron chi connectivity index (χ0n) is 15.1. The fraction of sp³-hybridized carbons (Fsp3) is 0.611. The summed E-state index contributed by atoms with van der Waals surface area (Å²) in [5.74, 6) is 1.99. The van der Waals surface area contributed by atoms with Crippen molar-refractivity contribution < 1.29 is 14.3 Å². The largest absolute Gasteiger partial charge is 0.493 e. The quantitative estimate of drug-likeness (QED) is 0.788. The maximum absolute atomic E-state index is 12.3. The molecule has 2 atom stereocenters. The third-order valence-electron chi connectivity index (χ3n) is 4.34. The molecule has 24 heavy (non-hydrogen) atoms. The first-order valence-corrected chi connectivity index (χ1v) is 8.28. The first-order chi connectivity index (χ1) is 10.9. The van der Waals surface area contributed by atoms with Gasteiger partial charge in [-0.25, -0.2) is 0 Å². The lowest BCUT2D eigenvalue weighted by Crippen LogP contribution is -2.49. The van der Waals surface area contributed by atoms with E-state index in [0.29, 0.717) is 11.7 Å². The topological polar surface area (TPSA) is 59.6 Å². The van der Waals surface area contributed by atoms with E-state index < -0.39 is 0 Å². The normalized spacial score (nSPS) is 16.6. The first kappa shape index (κ1) is 20.6. The van der Waals surface area contributed by atoms with Crippen molar-refractivity contribution in [3.63, 3.8) is 0 Å². The van der Waals surface area contributed by atoms with Crippen LogP contribution in [-0.2, 0) is 4.79 Å².